The summed E-state index contributed by atoms with van der Waals surface area (Å²) in [7, 11) is 1.70. The number of aryl methyl sites for hydroxylation is 1. The molecule has 0 aliphatic carbocycles. The fraction of sp³-hybridized carbons (Fsp3) is 0.333. The van der Waals surface area contributed by atoms with E-state index < -0.39 is 4.92 Å². The first kappa shape index (κ1) is 16.9. The molecule has 0 bridgehead atoms. The lowest BCUT2D eigenvalue weighted by molar-refractivity contribution is -0.384. The number of nitrogens with zero attached hydrogens (tertiary/aromatic N) is 3. The van der Waals surface area contributed by atoms with Gasteiger partial charge in [0.15, 0.2) is 5.96 Å². The summed E-state index contributed by atoms with van der Waals surface area (Å²) < 4.78 is 0. The third-order valence-electron chi connectivity index (χ3n) is 3.19. The zero-order chi connectivity index (χ0) is 16.7. The molecule has 0 atom stereocenters. The molecular weight excluding hydrogens is 314 g/mol. The number of rotatable bonds is 6. The molecule has 0 spiro atoms. The Balaban J connectivity index is 1.83. The Labute approximate surface area is 138 Å². The molecule has 2 N–H and O–H groups in total. The number of hydrogen-bond acceptors (Lipinski definition) is 5. The molecule has 8 heteroatoms. The van der Waals surface area contributed by atoms with E-state index in [4.69, 9.17) is 0 Å². The van der Waals surface area contributed by atoms with E-state index >= 15 is 0 Å². The highest BCUT2D eigenvalue weighted by atomic mass is 32.1. The van der Waals surface area contributed by atoms with E-state index in [0.717, 1.165) is 17.0 Å². The predicted octanol–water partition coefficient (Wildman–Crippen LogP) is 2.48. The maximum absolute atomic E-state index is 10.6. The quantitative estimate of drug-likeness (QED) is 0.367. The van der Waals surface area contributed by atoms with Crippen LogP contribution < -0.4 is 10.6 Å². The number of thiazole rings is 1. The number of non-ortho nitro benzene ring substituents is 1. The third kappa shape index (κ3) is 5.03. The summed E-state index contributed by atoms with van der Waals surface area (Å²) in [4.78, 5) is 20.0. The number of aromatic nitrogens is 1. The number of guanidine groups is 1. The summed E-state index contributed by atoms with van der Waals surface area (Å²) in [5, 5.41) is 18.0. The third-order valence-corrected chi connectivity index (χ3v) is 4.33. The number of hydrogen-bond donors (Lipinski definition) is 2. The summed E-state index contributed by atoms with van der Waals surface area (Å²) in [5.74, 6) is 0.664. The second-order valence-electron chi connectivity index (χ2n) is 4.78. The highest BCUT2D eigenvalue weighted by molar-refractivity contribution is 7.11. The van der Waals surface area contributed by atoms with Crippen molar-refractivity contribution in [1.29, 1.82) is 0 Å². The van der Waals surface area contributed by atoms with Crippen LogP contribution in [-0.2, 0) is 19.5 Å². The zero-order valence-corrected chi connectivity index (χ0v) is 13.9. The largest absolute Gasteiger partial charge is 0.352 e. The van der Waals surface area contributed by atoms with Gasteiger partial charge in [0, 0.05) is 36.8 Å². The van der Waals surface area contributed by atoms with Crippen LogP contribution in [0.5, 0.6) is 0 Å². The van der Waals surface area contributed by atoms with Gasteiger partial charge >= 0.3 is 0 Å². The second kappa shape index (κ2) is 8.23. The van der Waals surface area contributed by atoms with Gasteiger partial charge < -0.3 is 10.6 Å². The van der Waals surface area contributed by atoms with Crippen LogP contribution in [-0.4, -0.2) is 22.9 Å². The van der Waals surface area contributed by atoms with Crippen molar-refractivity contribution in [3.63, 3.8) is 0 Å². The Hall–Kier alpha value is -2.48. The number of aliphatic imine (C=N–C) groups is 1. The average Bonchev–Trinajstić information content (AvgIpc) is 3.03. The fourth-order valence-corrected chi connectivity index (χ4v) is 2.70. The van der Waals surface area contributed by atoms with Crippen molar-refractivity contribution in [2.45, 2.75) is 26.4 Å². The minimum absolute atomic E-state index is 0.0896. The average molecular weight is 333 g/mol. The number of nitro groups is 1. The molecule has 7 nitrogen and oxygen atoms in total. The first-order chi connectivity index (χ1) is 11.1. The molecule has 0 amide bonds. The maximum Gasteiger partial charge on any atom is 0.269 e. The van der Waals surface area contributed by atoms with Crippen molar-refractivity contribution in [3.8, 4) is 0 Å². The minimum atomic E-state index is -0.406. The lowest BCUT2D eigenvalue weighted by atomic mass is 10.2. The fourth-order valence-electron chi connectivity index (χ4n) is 1.89. The van der Waals surface area contributed by atoms with Crippen LogP contribution in [0.15, 0.2) is 35.5 Å². The smallest absolute Gasteiger partial charge is 0.269 e. The molecule has 0 aliphatic rings. The van der Waals surface area contributed by atoms with E-state index in [1.807, 2.05) is 6.20 Å². The van der Waals surface area contributed by atoms with Crippen LogP contribution in [0, 0.1) is 10.1 Å². The normalized spacial score (nSPS) is 11.3. The number of nitrogens with one attached hydrogen (secondary N) is 2. The van der Waals surface area contributed by atoms with Crippen LogP contribution in [0.3, 0.4) is 0 Å². The number of nitro benzene ring substituents is 1. The van der Waals surface area contributed by atoms with Gasteiger partial charge in [0.2, 0.25) is 0 Å². The van der Waals surface area contributed by atoms with Gasteiger partial charge in [-0.3, -0.25) is 15.1 Å². The van der Waals surface area contributed by atoms with E-state index in [-0.39, 0.29) is 5.69 Å². The lowest BCUT2D eigenvalue weighted by Crippen LogP contribution is -2.36. The van der Waals surface area contributed by atoms with Crippen LogP contribution in [0.1, 0.15) is 22.4 Å². The summed E-state index contributed by atoms with van der Waals surface area (Å²) >= 11 is 1.68. The molecule has 0 fully saturated rings. The highest BCUT2D eigenvalue weighted by Gasteiger charge is 2.05. The summed E-state index contributed by atoms with van der Waals surface area (Å²) in [5.41, 5.74) is 1.04. The summed E-state index contributed by atoms with van der Waals surface area (Å²) in [6.07, 6.45) is 2.89. The van der Waals surface area contributed by atoms with E-state index in [2.05, 4.69) is 27.5 Å². The molecule has 2 aromatic rings. The topological polar surface area (TPSA) is 92.5 Å². The molecule has 122 valence electrons. The molecule has 0 saturated heterocycles. The standard InChI is InChI=1S/C15H19N5O2S/c1-3-13-9-17-14(23-13)10-19-15(16-2)18-8-11-4-6-12(7-5-11)20(21)22/h4-7,9H,3,8,10H2,1-2H3,(H2,16,18,19). The van der Waals surface area contributed by atoms with Crippen molar-refractivity contribution in [2.75, 3.05) is 7.05 Å². The minimum Gasteiger partial charge on any atom is -0.352 e. The highest BCUT2D eigenvalue weighted by Crippen LogP contribution is 2.13. The molecule has 1 heterocycles. The van der Waals surface area contributed by atoms with Crippen LogP contribution in [0.4, 0.5) is 5.69 Å². The number of benzene rings is 1. The van der Waals surface area contributed by atoms with Crippen molar-refractivity contribution in [1.82, 2.24) is 15.6 Å². The second-order valence-corrected chi connectivity index (χ2v) is 5.98. The van der Waals surface area contributed by atoms with Crippen molar-refractivity contribution >= 4 is 23.0 Å². The van der Waals surface area contributed by atoms with E-state index in [1.165, 1.54) is 17.0 Å². The Morgan fingerprint density at radius 1 is 1.30 bits per heavy atom. The van der Waals surface area contributed by atoms with Crippen LogP contribution >= 0.6 is 11.3 Å². The summed E-state index contributed by atoms with van der Waals surface area (Å²) in [6, 6.07) is 6.45. The molecule has 0 saturated carbocycles. The first-order valence-corrected chi connectivity index (χ1v) is 8.05. The molecular formula is C15H19N5O2S. The van der Waals surface area contributed by atoms with Gasteiger partial charge in [-0.05, 0) is 12.0 Å². The van der Waals surface area contributed by atoms with Gasteiger partial charge in [-0.1, -0.05) is 19.1 Å². The van der Waals surface area contributed by atoms with E-state index in [0.29, 0.717) is 19.0 Å². The Bertz CT molecular complexity index is 681. The van der Waals surface area contributed by atoms with Gasteiger partial charge in [-0.2, -0.15) is 0 Å². The Morgan fingerprint density at radius 3 is 2.57 bits per heavy atom. The lowest BCUT2D eigenvalue weighted by Gasteiger charge is -2.10. The molecule has 1 aromatic carbocycles. The molecule has 2 rings (SSSR count). The van der Waals surface area contributed by atoms with Crippen molar-refractivity contribution in [2.24, 2.45) is 4.99 Å². The van der Waals surface area contributed by atoms with Gasteiger partial charge in [-0.15, -0.1) is 11.3 Å². The first-order valence-electron chi connectivity index (χ1n) is 7.23. The van der Waals surface area contributed by atoms with E-state index in [9.17, 15) is 10.1 Å². The monoisotopic (exact) mass is 333 g/mol. The van der Waals surface area contributed by atoms with Crippen LogP contribution in [0.25, 0.3) is 0 Å². The predicted molar refractivity (Wildman–Crippen MR) is 91.6 cm³/mol. The molecule has 0 aliphatic heterocycles. The SMILES string of the molecule is CCc1cnc(CNC(=NC)NCc2ccc([N+](=O)[O-])cc2)s1. The van der Waals surface area contributed by atoms with E-state index in [1.54, 1.807) is 30.5 Å². The molecule has 0 unspecified atom stereocenters. The Morgan fingerprint density at radius 2 is 2.00 bits per heavy atom. The zero-order valence-electron chi connectivity index (χ0n) is 13.1. The van der Waals surface area contributed by atoms with Gasteiger partial charge in [-0.25, -0.2) is 4.98 Å². The van der Waals surface area contributed by atoms with Gasteiger partial charge in [0.25, 0.3) is 5.69 Å². The van der Waals surface area contributed by atoms with Gasteiger partial charge in [0.05, 0.1) is 11.5 Å². The van der Waals surface area contributed by atoms with Crippen molar-refractivity contribution in [3.05, 3.63) is 56.0 Å². The van der Waals surface area contributed by atoms with Crippen LogP contribution in [0.2, 0.25) is 0 Å². The van der Waals surface area contributed by atoms with Crippen molar-refractivity contribution < 1.29 is 4.92 Å². The Kier molecular flexibility index (Phi) is 6.04. The maximum atomic E-state index is 10.6. The summed E-state index contributed by atoms with van der Waals surface area (Å²) in [6.45, 7) is 3.26. The molecule has 1 aromatic heterocycles. The van der Waals surface area contributed by atoms with Gasteiger partial charge in [0.1, 0.15) is 5.01 Å². The molecule has 23 heavy (non-hydrogen) atoms. The molecule has 0 radical (unpaired) electrons.